The number of hydrogen-bond donors (Lipinski definition) is 1. The summed E-state index contributed by atoms with van der Waals surface area (Å²) in [5, 5.41) is 21.1. The third-order valence-corrected chi connectivity index (χ3v) is 6.48. The second kappa shape index (κ2) is 11.2. The summed E-state index contributed by atoms with van der Waals surface area (Å²) >= 11 is 0. The third-order valence-electron chi connectivity index (χ3n) is 6.48. The minimum Gasteiger partial charge on any atom is -0.489 e. The molecule has 1 unspecified atom stereocenters. The summed E-state index contributed by atoms with van der Waals surface area (Å²) in [6.45, 7) is 0.0324. The molecule has 5 aromatic rings. The van der Waals surface area contributed by atoms with E-state index in [-0.39, 0.29) is 35.1 Å². The first kappa shape index (κ1) is 27.5. The number of carboxylic acids is 1. The standard InChI is InChI=1S/C28H21F3N4O6/c29-28(30,31)18-6-9-22-21(13-18)26(37)35(34-32-22)11-10-17(27(38)39)12-23(36)25-20-8-7-19(14-24(20)41-33-25)40-15-16-4-2-1-3-5-16/h1-9,13-14,17H,10-12,15H2,(H,38,39). The number of carbonyl (C=O) groups is 2. The molecule has 13 heteroatoms. The zero-order valence-electron chi connectivity index (χ0n) is 21.2. The minimum atomic E-state index is -4.66. The molecule has 0 aliphatic heterocycles. The molecule has 0 fully saturated rings. The number of alkyl halides is 3. The first-order chi connectivity index (χ1) is 19.6. The van der Waals surface area contributed by atoms with Crippen LogP contribution < -0.4 is 10.3 Å². The molecule has 5 rings (SSSR count). The summed E-state index contributed by atoms with van der Waals surface area (Å²) in [6.07, 6.45) is -5.34. The summed E-state index contributed by atoms with van der Waals surface area (Å²) in [4.78, 5) is 37.7. The number of fused-ring (bicyclic) bond motifs is 2. The topological polar surface area (TPSA) is 137 Å². The summed E-state index contributed by atoms with van der Waals surface area (Å²) in [6, 6.07) is 16.8. The minimum absolute atomic E-state index is 0.0317. The quantitative estimate of drug-likeness (QED) is 0.234. The van der Waals surface area contributed by atoms with Gasteiger partial charge in [0.05, 0.1) is 22.3 Å². The third kappa shape index (κ3) is 6.08. The van der Waals surface area contributed by atoms with Crippen molar-refractivity contribution < 1.29 is 37.1 Å². The lowest BCUT2D eigenvalue weighted by molar-refractivity contribution is -0.142. The predicted octanol–water partition coefficient (Wildman–Crippen LogP) is 4.89. The Morgan fingerprint density at radius 3 is 2.54 bits per heavy atom. The van der Waals surface area contributed by atoms with Gasteiger partial charge >= 0.3 is 12.1 Å². The maximum atomic E-state index is 13.1. The smallest absolute Gasteiger partial charge is 0.416 e. The van der Waals surface area contributed by atoms with Gasteiger partial charge in [-0.2, -0.15) is 13.2 Å². The van der Waals surface area contributed by atoms with Gasteiger partial charge in [0, 0.05) is 19.0 Å². The van der Waals surface area contributed by atoms with Crippen molar-refractivity contribution in [2.45, 2.75) is 32.2 Å². The van der Waals surface area contributed by atoms with E-state index in [9.17, 15) is 32.7 Å². The average molecular weight is 566 g/mol. The number of nitrogens with zero attached hydrogens (tertiary/aromatic N) is 4. The van der Waals surface area contributed by atoms with Crippen LogP contribution in [0.15, 0.2) is 76.0 Å². The summed E-state index contributed by atoms with van der Waals surface area (Å²) < 4.78 is 51.1. The average Bonchev–Trinajstić information content (AvgIpc) is 3.38. The van der Waals surface area contributed by atoms with Gasteiger partial charge in [-0.3, -0.25) is 14.4 Å². The van der Waals surface area contributed by atoms with Crippen LogP contribution in [0.25, 0.3) is 21.9 Å². The van der Waals surface area contributed by atoms with Gasteiger partial charge < -0.3 is 14.4 Å². The van der Waals surface area contributed by atoms with Crippen molar-refractivity contribution >= 4 is 33.6 Å². The number of ketones is 1. The van der Waals surface area contributed by atoms with Crippen LogP contribution in [0.3, 0.4) is 0 Å². The van der Waals surface area contributed by atoms with E-state index in [4.69, 9.17) is 9.26 Å². The van der Waals surface area contributed by atoms with Gasteiger partial charge in [-0.25, -0.2) is 4.68 Å². The number of benzene rings is 3. The lowest BCUT2D eigenvalue weighted by Gasteiger charge is -2.12. The Morgan fingerprint density at radius 2 is 1.80 bits per heavy atom. The number of aryl methyl sites for hydroxylation is 1. The zero-order chi connectivity index (χ0) is 29.1. The van der Waals surface area contributed by atoms with Crippen LogP contribution in [0.1, 0.15) is 34.5 Å². The Balaban J connectivity index is 1.28. The number of aromatic nitrogens is 4. The summed E-state index contributed by atoms with van der Waals surface area (Å²) in [7, 11) is 0. The van der Waals surface area contributed by atoms with Crippen molar-refractivity contribution in [1.29, 1.82) is 0 Å². The first-order valence-corrected chi connectivity index (χ1v) is 12.4. The monoisotopic (exact) mass is 566 g/mol. The van der Waals surface area contributed by atoms with E-state index in [1.165, 1.54) is 0 Å². The molecule has 1 atom stereocenters. The number of aliphatic carboxylic acids is 1. The number of Topliss-reactive ketones (excluding diaryl/α,β-unsaturated/α-hetero) is 1. The lowest BCUT2D eigenvalue weighted by Crippen LogP contribution is -2.28. The molecule has 0 saturated heterocycles. The van der Waals surface area contributed by atoms with Crippen molar-refractivity contribution in [3.63, 3.8) is 0 Å². The van der Waals surface area contributed by atoms with Crippen LogP contribution in [0.4, 0.5) is 13.2 Å². The molecule has 41 heavy (non-hydrogen) atoms. The molecule has 2 heterocycles. The molecule has 0 amide bonds. The van der Waals surface area contributed by atoms with Crippen LogP contribution in [0, 0.1) is 5.92 Å². The number of carbonyl (C=O) groups excluding carboxylic acids is 1. The highest BCUT2D eigenvalue weighted by atomic mass is 19.4. The molecular formula is C28H21F3N4O6. The van der Waals surface area contributed by atoms with E-state index in [0.717, 1.165) is 22.4 Å². The van der Waals surface area contributed by atoms with Crippen LogP contribution >= 0.6 is 0 Å². The molecule has 0 aliphatic carbocycles. The summed E-state index contributed by atoms with van der Waals surface area (Å²) in [5.74, 6) is -2.65. The van der Waals surface area contributed by atoms with Crippen molar-refractivity contribution in [2.24, 2.45) is 5.92 Å². The van der Waals surface area contributed by atoms with Crippen LogP contribution in [-0.4, -0.2) is 37.0 Å². The maximum Gasteiger partial charge on any atom is 0.416 e. The number of hydrogen-bond acceptors (Lipinski definition) is 8. The molecule has 2 aromatic heterocycles. The molecule has 0 radical (unpaired) electrons. The van der Waals surface area contributed by atoms with Crippen molar-refractivity contribution in [1.82, 2.24) is 20.2 Å². The Labute approximate surface area is 228 Å². The molecule has 210 valence electrons. The number of ether oxygens (including phenoxy) is 1. The molecule has 0 spiro atoms. The lowest BCUT2D eigenvalue weighted by atomic mass is 9.96. The van der Waals surface area contributed by atoms with Gasteiger partial charge in [-0.15, -0.1) is 5.10 Å². The second-order valence-electron chi connectivity index (χ2n) is 9.26. The van der Waals surface area contributed by atoms with Gasteiger partial charge in [0.25, 0.3) is 5.56 Å². The van der Waals surface area contributed by atoms with Crippen molar-refractivity contribution in [3.8, 4) is 5.75 Å². The Hall–Kier alpha value is -5.07. The molecule has 1 N–H and O–H groups in total. The fourth-order valence-electron chi connectivity index (χ4n) is 4.26. The number of rotatable bonds is 10. The first-order valence-electron chi connectivity index (χ1n) is 12.4. The van der Waals surface area contributed by atoms with E-state index < -0.39 is 41.4 Å². The Kier molecular flexibility index (Phi) is 7.51. The highest BCUT2D eigenvalue weighted by molar-refractivity contribution is 6.06. The van der Waals surface area contributed by atoms with Crippen molar-refractivity contribution in [3.05, 3.63) is 93.9 Å². The van der Waals surface area contributed by atoms with Crippen LogP contribution in [-0.2, 0) is 24.1 Å². The van der Waals surface area contributed by atoms with E-state index in [2.05, 4.69) is 15.5 Å². The van der Waals surface area contributed by atoms with Gasteiger partial charge in [-0.05, 0) is 42.3 Å². The maximum absolute atomic E-state index is 13.1. The van der Waals surface area contributed by atoms with E-state index >= 15 is 0 Å². The molecule has 0 aliphatic rings. The predicted molar refractivity (Wildman–Crippen MR) is 138 cm³/mol. The van der Waals surface area contributed by atoms with E-state index in [0.29, 0.717) is 23.8 Å². The Morgan fingerprint density at radius 1 is 1.02 bits per heavy atom. The highest BCUT2D eigenvalue weighted by Crippen LogP contribution is 2.30. The van der Waals surface area contributed by atoms with E-state index in [1.807, 2.05) is 30.3 Å². The van der Waals surface area contributed by atoms with Crippen LogP contribution in [0.5, 0.6) is 5.75 Å². The second-order valence-corrected chi connectivity index (χ2v) is 9.26. The molecule has 0 bridgehead atoms. The van der Waals surface area contributed by atoms with Gasteiger partial charge in [0.2, 0.25) is 0 Å². The number of carboxylic acid groups (broad SMARTS) is 1. The van der Waals surface area contributed by atoms with Crippen molar-refractivity contribution in [2.75, 3.05) is 0 Å². The molecule has 10 nitrogen and oxygen atoms in total. The zero-order valence-corrected chi connectivity index (χ0v) is 21.2. The highest BCUT2D eigenvalue weighted by Gasteiger charge is 2.31. The molecule has 3 aromatic carbocycles. The normalized spacial score (nSPS) is 12.5. The van der Waals surface area contributed by atoms with E-state index in [1.54, 1.807) is 18.2 Å². The molecular weight excluding hydrogens is 545 g/mol. The fraction of sp³-hybridized carbons (Fsp3) is 0.214. The SMILES string of the molecule is O=C(CC(CCn1nnc2ccc(C(F)(F)F)cc2c1=O)C(=O)O)c1noc2cc(OCc3ccccc3)ccc12. The van der Waals surface area contributed by atoms with Gasteiger partial charge in [-0.1, -0.05) is 40.7 Å². The summed E-state index contributed by atoms with van der Waals surface area (Å²) in [5.41, 5.74) is -0.723. The van der Waals surface area contributed by atoms with Crippen LogP contribution in [0.2, 0.25) is 0 Å². The van der Waals surface area contributed by atoms with Gasteiger partial charge in [0.1, 0.15) is 17.9 Å². The largest absolute Gasteiger partial charge is 0.489 e. The molecule has 0 saturated carbocycles. The number of halogens is 3. The Bertz CT molecular complexity index is 1800. The fourth-order valence-corrected chi connectivity index (χ4v) is 4.26. The van der Waals surface area contributed by atoms with Gasteiger partial charge in [0.15, 0.2) is 17.1 Å².